The predicted molar refractivity (Wildman–Crippen MR) is 101 cm³/mol. The van der Waals surface area contributed by atoms with E-state index in [0.29, 0.717) is 5.41 Å². The van der Waals surface area contributed by atoms with Crippen LogP contribution in [0.5, 0.6) is 0 Å². The molecule has 6 aliphatic rings. The number of allylic oxidation sites excluding steroid dienone is 2. The van der Waals surface area contributed by atoms with E-state index in [1.807, 2.05) is 0 Å². The number of ether oxygens (including phenoxy) is 1. The van der Waals surface area contributed by atoms with Gasteiger partial charge in [0, 0.05) is 5.41 Å². The number of fused-ring (bicyclic) bond motifs is 9. The summed E-state index contributed by atoms with van der Waals surface area (Å²) < 4.78 is 6.51. The van der Waals surface area contributed by atoms with E-state index in [2.05, 4.69) is 37.2 Å². The third-order valence-corrected chi connectivity index (χ3v) is 9.57. The van der Waals surface area contributed by atoms with E-state index in [4.69, 9.17) is 4.74 Å². The normalized spacial score (nSPS) is 58.2. The lowest BCUT2D eigenvalue weighted by molar-refractivity contribution is -0.138. The second-order valence-electron chi connectivity index (χ2n) is 10.4. The van der Waals surface area contributed by atoms with E-state index in [0.717, 1.165) is 60.2 Å². The van der Waals surface area contributed by atoms with Crippen molar-refractivity contribution in [1.82, 2.24) is 0 Å². The number of hydrogen-bond donors (Lipinski definition) is 1. The summed E-state index contributed by atoms with van der Waals surface area (Å²) in [6.45, 7) is 5.90. The van der Waals surface area contributed by atoms with Crippen molar-refractivity contribution >= 4 is 5.71 Å². The van der Waals surface area contributed by atoms with Crippen LogP contribution in [0.4, 0.5) is 0 Å². The van der Waals surface area contributed by atoms with Crippen molar-refractivity contribution in [3.05, 3.63) is 23.8 Å². The zero-order valence-corrected chi connectivity index (χ0v) is 16.0. The van der Waals surface area contributed by atoms with Crippen molar-refractivity contribution < 1.29 is 9.94 Å². The molecule has 1 heterocycles. The minimum atomic E-state index is 0.0619. The van der Waals surface area contributed by atoms with Crippen LogP contribution in [0.2, 0.25) is 0 Å². The Morgan fingerprint density at radius 2 is 2.15 bits per heavy atom. The molecular formula is C23H31NO2. The Labute approximate surface area is 156 Å². The fourth-order valence-electron chi connectivity index (χ4n) is 8.72. The summed E-state index contributed by atoms with van der Waals surface area (Å²) in [5, 5.41) is 12.7. The molecule has 0 amide bonds. The average molecular weight is 354 g/mol. The molecule has 1 spiro atoms. The van der Waals surface area contributed by atoms with E-state index >= 15 is 0 Å². The topological polar surface area (TPSA) is 41.8 Å². The summed E-state index contributed by atoms with van der Waals surface area (Å²) in [6, 6.07) is 0. The number of oxime groups is 1. The Kier molecular flexibility index (Phi) is 3.08. The van der Waals surface area contributed by atoms with Gasteiger partial charge in [-0.3, -0.25) is 0 Å². The lowest BCUT2D eigenvalue weighted by Gasteiger charge is -2.59. The third-order valence-electron chi connectivity index (χ3n) is 9.57. The van der Waals surface area contributed by atoms with E-state index in [1.54, 1.807) is 5.57 Å². The largest absolute Gasteiger partial charge is 0.411 e. The SMILES string of the molecule is C[C@H]1CC2=C/C(=N/O)CC[C@@H]2[C@H]2CC[C@@]3(C)[C@@H]([C@@H]4C[C@@H]4[C@@]34C=CCO4)[C@@H]21. The van der Waals surface area contributed by atoms with Crippen LogP contribution in [0.25, 0.3) is 0 Å². The van der Waals surface area contributed by atoms with Crippen molar-refractivity contribution in [1.29, 1.82) is 0 Å². The fraction of sp³-hybridized carbons (Fsp3) is 0.783. The second-order valence-corrected chi connectivity index (χ2v) is 10.4. The number of hydrogen-bond acceptors (Lipinski definition) is 3. The Morgan fingerprint density at radius 1 is 1.27 bits per heavy atom. The summed E-state index contributed by atoms with van der Waals surface area (Å²) in [6.07, 6.45) is 14.4. The highest BCUT2D eigenvalue weighted by molar-refractivity contribution is 5.96. The van der Waals surface area contributed by atoms with Gasteiger partial charge in [0.05, 0.1) is 17.9 Å². The molecule has 0 radical (unpaired) electrons. The molecule has 3 nitrogen and oxygen atoms in total. The molecule has 4 fully saturated rings. The third kappa shape index (κ3) is 1.72. The molecule has 0 aromatic carbocycles. The van der Waals surface area contributed by atoms with Crippen LogP contribution in [0.15, 0.2) is 29.0 Å². The molecule has 9 atom stereocenters. The van der Waals surface area contributed by atoms with Crippen molar-refractivity contribution in [2.24, 2.45) is 52.0 Å². The van der Waals surface area contributed by atoms with Gasteiger partial charge >= 0.3 is 0 Å². The summed E-state index contributed by atoms with van der Waals surface area (Å²) >= 11 is 0. The van der Waals surface area contributed by atoms with E-state index in [9.17, 15) is 5.21 Å². The minimum absolute atomic E-state index is 0.0619. The fourth-order valence-corrected chi connectivity index (χ4v) is 8.72. The van der Waals surface area contributed by atoms with Crippen molar-refractivity contribution in [3.8, 4) is 0 Å². The first-order valence-corrected chi connectivity index (χ1v) is 10.8. The predicted octanol–water partition coefficient (Wildman–Crippen LogP) is 4.82. The van der Waals surface area contributed by atoms with Crippen LogP contribution < -0.4 is 0 Å². The maximum absolute atomic E-state index is 9.22. The molecule has 4 saturated carbocycles. The maximum atomic E-state index is 9.22. The van der Waals surface area contributed by atoms with Gasteiger partial charge in [-0.1, -0.05) is 36.7 Å². The number of nitrogens with zero attached hydrogens (tertiary/aromatic N) is 1. The lowest BCUT2D eigenvalue weighted by Crippen LogP contribution is -2.56. The van der Waals surface area contributed by atoms with Crippen molar-refractivity contribution in [2.45, 2.75) is 58.0 Å². The summed E-state index contributed by atoms with van der Waals surface area (Å²) in [5.74, 6) is 5.71. The summed E-state index contributed by atoms with van der Waals surface area (Å²) in [7, 11) is 0. The highest BCUT2D eigenvalue weighted by Crippen LogP contribution is 2.78. The Hall–Kier alpha value is -1.09. The number of rotatable bonds is 0. The standard InChI is InChI=1S/C23H31NO2/c1-13-10-14-11-15(24-25)4-5-16(14)17-6-8-22(2)21(20(13)17)18-12-19(18)23(22)7-3-9-26-23/h3,7,11,13,16-21,25H,4-6,8-10,12H2,1-2H3/b24-15+/t13-,16-,17+,18+,19-,20+,21-,22-,23-/m0/s1. The first-order chi connectivity index (χ1) is 12.6. The highest BCUT2D eigenvalue weighted by atomic mass is 16.5. The van der Waals surface area contributed by atoms with Gasteiger partial charge in [0.1, 0.15) is 0 Å². The first-order valence-electron chi connectivity index (χ1n) is 10.8. The zero-order chi connectivity index (χ0) is 17.7. The molecule has 1 N–H and O–H groups in total. The molecule has 26 heavy (non-hydrogen) atoms. The van der Waals surface area contributed by atoms with Gasteiger partial charge in [-0.25, -0.2) is 0 Å². The Bertz CT molecular complexity index is 738. The first kappa shape index (κ1) is 15.9. The highest BCUT2D eigenvalue weighted by Gasteiger charge is 2.76. The van der Waals surface area contributed by atoms with Crippen LogP contribution in [0, 0.1) is 46.8 Å². The van der Waals surface area contributed by atoms with E-state index in [-0.39, 0.29) is 5.60 Å². The van der Waals surface area contributed by atoms with Gasteiger partial charge in [0.2, 0.25) is 0 Å². The molecule has 0 saturated heterocycles. The van der Waals surface area contributed by atoms with Gasteiger partial charge in [0.15, 0.2) is 0 Å². The molecule has 0 aromatic rings. The van der Waals surface area contributed by atoms with Crippen LogP contribution in [0.1, 0.15) is 52.4 Å². The van der Waals surface area contributed by atoms with Crippen molar-refractivity contribution in [2.75, 3.05) is 6.61 Å². The van der Waals surface area contributed by atoms with Gasteiger partial charge in [0.25, 0.3) is 0 Å². The van der Waals surface area contributed by atoms with Crippen LogP contribution >= 0.6 is 0 Å². The van der Waals surface area contributed by atoms with E-state index < -0.39 is 0 Å². The van der Waals surface area contributed by atoms with Crippen LogP contribution in [0.3, 0.4) is 0 Å². The van der Waals surface area contributed by atoms with Gasteiger partial charge in [-0.05, 0) is 86.0 Å². The van der Waals surface area contributed by atoms with Crippen LogP contribution in [-0.2, 0) is 4.74 Å². The molecule has 5 aliphatic carbocycles. The minimum Gasteiger partial charge on any atom is -0.411 e. The van der Waals surface area contributed by atoms with Gasteiger partial charge in [-0.15, -0.1) is 0 Å². The summed E-state index contributed by atoms with van der Waals surface area (Å²) in [5.41, 5.74) is 2.89. The van der Waals surface area contributed by atoms with Gasteiger partial charge < -0.3 is 9.94 Å². The lowest BCUT2D eigenvalue weighted by atomic mass is 9.47. The molecule has 1 aliphatic heterocycles. The molecule has 3 heteroatoms. The van der Waals surface area contributed by atoms with Gasteiger partial charge in [-0.2, -0.15) is 0 Å². The average Bonchev–Trinajstić information content (AvgIpc) is 3.21. The molecule has 0 bridgehead atoms. The Morgan fingerprint density at radius 3 is 2.92 bits per heavy atom. The maximum Gasteiger partial charge on any atom is 0.0954 e. The quantitative estimate of drug-likeness (QED) is 0.385. The molecule has 0 aromatic heterocycles. The van der Waals surface area contributed by atoms with Crippen molar-refractivity contribution in [3.63, 3.8) is 0 Å². The second kappa shape index (κ2) is 5.04. The Balaban J connectivity index is 1.39. The molecular weight excluding hydrogens is 322 g/mol. The smallest absolute Gasteiger partial charge is 0.0954 e. The summed E-state index contributed by atoms with van der Waals surface area (Å²) in [4.78, 5) is 0. The monoisotopic (exact) mass is 353 g/mol. The molecule has 6 rings (SSSR count). The zero-order valence-electron chi connectivity index (χ0n) is 16.0. The molecule has 0 unspecified atom stereocenters. The molecule has 140 valence electrons. The van der Waals surface area contributed by atoms with E-state index in [1.165, 1.54) is 32.1 Å². The van der Waals surface area contributed by atoms with Crippen LogP contribution in [-0.4, -0.2) is 23.1 Å².